The van der Waals surface area contributed by atoms with Gasteiger partial charge in [-0.25, -0.2) is 0 Å². The average Bonchev–Trinajstić information content (AvgIpc) is 2.29. The molecule has 1 aromatic rings. The predicted molar refractivity (Wildman–Crippen MR) is 60.6 cm³/mol. The lowest BCUT2D eigenvalue weighted by Crippen LogP contribution is -1.90. The number of hydrogen-bond acceptors (Lipinski definition) is 2. The molecule has 2 nitrogen and oxygen atoms in total. The van der Waals surface area contributed by atoms with Crippen LogP contribution in [0.25, 0.3) is 6.08 Å². The molecular formula is C9H7IN2. The van der Waals surface area contributed by atoms with Crippen molar-refractivity contribution in [3.8, 4) is 0 Å². The topological polar surface area (TPSA) is 24.4 Å². The van der Waals surface area contributed by atoms with Crippen LogP contribution in [0.15, 0.2) is 35.4 Å². The van der Waals surface area contributed by atoms with Crippen molar-refractivity contribution in [3.05, 3.63) is 35.9 Å². The molecule has 0 radical (unpaired) electrons. The smallest absolute Gasteiger partial charge is 0.121 e. The summed E-state index contributed by atoms with van der Waals surface area (Å²) in [7, 11) is 0. The predicted octanol–water partition coefficient (Wildman–Crippen LogP) is 2.87. The molecule has 0 atom stereocenters. The maximum atomic E-state index is 4.13. The Bertz CT molecular complexity index is 355. The summed E-state index contributed by atoms with van der Waals surface area (Å²) in [5.41, 5.74) is 5.22. The fourth-order valence-corrected chi connectivity index (χ4v) is 1.35. The minimum atomic E-state index is 0.962. The molecule has 2 rings (SSSR count). The van der Waals surface area contributed by atoms with Gasteiger partial charge in [-0.2, -0.15) is 5.10 Å². The fourth-order valence-electron chi connectivity index (χ4n) is 1.05. The van der Waals surface area contributed by atoms with Crippen LogP contribution in [-0.2, 0) is 0 Å². The fraction of sp³-hybridized carbons (Fsp3) is 0. The Morgan fingerprint density at radius 2 is 2.00 bits per heavy atom. The van der Waals surface area contributed by atoms with E-state index in [1.54, 1.807) is 0 Å². The molecule has 0 aromatic heterocycles. The third-order valence-corrected chi connectivity index (χ3v) is 2.25. The van der Waals surface area contributed by atoms with Crippen molar-refractivity contribution in [3.63, 3.8) is 0 Å². The van der Waals surface area contributed by atoms with Gasteiger partial charge in [0.15, 0.2) is 0 Å². The van der Waals surface area contributed by atoms with E-state index in [1.807, 2.05) is 24.3 Å². The van der Waals surface area contributed by atoms with Gasteiger partial charge in [0.05, 0.1) is 5.69 Å². The molecule has 0 spiro atoms. The molecular weight excluding hydrogens is 263 g/mol. The monoisotopic (exact) mass is 270 g/mol. The molecule has 0 bridgehead atoms. The molecule has 12 heavy (non-hydrogen) atoms. The molecule has 0 amide bonds. The summed E-state index contributed by atoms with van der Waals surface area (Å²) in [5, 5.41) is 4.13. The zero-order valence-electron chi connectivity index (χ0n) is 6.29. The van der Waals surface area contributed by atoms with Crippen LogP contribution in [-0.4, -0.2) is 3.72 Å². The number of nitrogens with zero attached hydrogens (tertiary/aromatic N) is 1. The highest BCUT2D eigenvalue weighted by atomic mass is 127. The van der Waals surface area contributed by atoms with Gasteiger partial charge >= 0.3 is 0 Å². The van der Waals surface area contributed by atoms with Gasteiger partial charge in [-0.15, -0.1) is 0 Å². The third-order valence-electron chi connectivity index (χ3n) is 1.64. The largest absolute Gasteiger partial charge is 0.277 e. The highest BCUT2D eigenvalue weighted by Gasteiger charge is 2.00. The lowest BCUT2D eigenvalue weighted by molar-refractivity contribution is 1.35. The van der Waals surface area contributed by atoms with E-state index in [2.05, 4.69) is 45.3 Å². The molecule has 1 aliphatic heterocycles. The van der Waals surface area contributed by atoms with E-state index in [-0.39, 0.29) is 0 Å². The first kappa shape index (κ1) is 7.79. The van der Waals surface area contributed by atoms with Crippen molar-refractivity contribution in [1.82, 2.24) is 0 Å². The molecule has 0 unspecified atom stereocenters. The number of hydrazone groups is 1. The molecule has 0 aliphatic carbocycles. The SMILES string of the molecule is IC1=NNc2ccccc2C=C1. The number of fused-ring (bicyclic) bond motifs is 1. The van der Waals surface area contributed by atoms with Crippen LogP contribution >= 0.6 is 22.6 Å². The highest BCUT2D eigenvalue weighted by molar-refractivity contribution is 14.1. The Hall–Kier alpha value is -0.840. The van der Waals surface area contributed by atoms with Crippen molar-refractivity contribution in [2.75, 3.05) is 5.43 Å². The molecule has 1 aliphatic rings. The standard InChI is InChI=1S/C9H7IN2/c10-9-6-5-7-3-1-2-4-8(7)11-12-9/h1-6,11H. The van der Waals surface area contributed by atoms with E-state index in [0.29, 0.717) is 0 Å². The van der Waals surface area contributed by atoms with E-state index in [0.717, 1.165) is 9.41 Å². The summed E-state index contributed by atoms with van der Waals surface area (Å²) in [5.74, 6) is 0. The second kappa shape index (κ2) is 3.26. The summed E-state index contributed by atoms with van der Waals surface area (Å²) in [6, 6.07) is 8.08. The van der Waals surface area contributed by atoms with E-state index in [4.69, 9.17) is 0 Å². The maximum Gasteiger partial charge on any atom is 0.121 e. The molecule has 0 fully saturated rings. The quantitative estimate of drug-likeness (QED) is 0.720. The summed E-state index contributed by atoms with van der Waals surface area (Å²) >= 11 is 2.18. The van der Waals surface area contributed by atoms with Crippen LogP contribution in [0.3, 0.4) is 0 Å². The first-order valence-corrected chi connectivity index (χ1v) is 4.70. The van der Waals surface area contributed by atoms with E-state index < -0.39 is 0 Å². The summed E-state index contributed by atoms with van der Waals surface area (Å²) in [6.45, 7) is 0. The van der Waals surface area contributed by atoms with Gasteiger partial charge in [-0.3, -0.25) is 5.43 Å². The zero-order chi connectivity index (χ0) is 8.39. The molecule has 1 heterocycles. The van der Waals surface area contributed by atoms with Crippen LogP contribution in [0.2, 0.25) is 0 Å². The lowest BCUT2D eigenvalue weighted by atomic mass is 10.2. The van der Waals surface area contributed by atoms with Crippen molar-refractivity contribution >= 4 is 38.1 Å². The van der Waals surface area contributed by atoms with Gasteiger partial charge in [-0.1, -0.05) is 24.3 Å². The van der Waals surface area contributed by atoms with Gasteiger partial charge < -0.3 is 0 Å². The van der Waals surface area contributed by atoms with Crippen LogP contribution in [0.4, 0.5) is 5.69 Å². The first-order valence-electron chi connectivity index (χ1n) is 3.62. The van der Waals surface area contributed by atoms with Crippen molar-refractivity contribution in [1.29, 1.82) is 0 Å². The number of halogens is 1. The van der Waals surface area contributed by atoms with Crippen LogP contribution in [0.5, 0.6) is 0 Å². The van der Waals surface area contributed by atoms with Gasteiger partial charge in [0, 0.05) is 0 Å². The van der Waals surface area contributed by atoms with Crippen molar-refractivity contribution in [2.45, 2.75) is 0 Å². The number of benzene rings is 1. The Morgan fingerprint density at radius 1 is 1.17 bits per heavy atom. The van der Waals surface area contributed by atoms with Crippen LogP contribution in [0.1, 0.15) is 5.56 Å². The lowest BCUT2D eigenvalue weighted by Gasteiger charge is -2.01. The third kappa shape index (κ3) is 1.50. The molecule has 0 saturated carbocycles. The second-order valence-corrected chi connectivity index (χ2v) is 3.57. The number of hydrogen-bond donors (Lipinski definition) is 1. The molecule has 60 valence electrons. The van der Waals surface area contributed by atoms with Gasteiger partial charge in [-0.05, 0) is 40.3 Å². The minimum absolute atomic E-state index is 0.962. The second-order valence-electron chi connectivity index (χ2n) is 2.47. The molecule has 1 N–H and O–H groups in total. The van der Waals surface area contributed by atoms with E-state index in [1.165, 1.54) is 5.56 Å². The van der Waals surface area contributed by atoms with Crippen LogP contribution in [0, 0.1) is 0 Å². The number of nitrogens with one attached hydrogen (secondary N) is 1. The summed E-state index contributed by atoms with van der Waals surface area (Å²) < 4.78 is 0.962. The number of allylic oxidation sites excluding steroid dienone is 1. The van der Waals surface area contributed by atoms with Gasteiger partial charge in [0.2, 0.25) is 0 Å². The highest BCUT2D eigenvalue weighted by Crippen LogP contribution is 2.19. The number of para-hydroxylation sites is 1. The molecule has 1 aromatic carbocycles. The summed E-state index contributed by atoms with van der Waals surface area (Å²) in [6.07, 6.45) is 4.04. The average molecular weight is 270 g/mol. The molecule has 0 saturated heterocycles. The maximum absolute atomic E-state index is 4.13. The minimum Gasteiger partial charge on any atom is -0.277 e. The van der Waals surface area contributed by atoms with Gasteiger partial charge in [0.1, 0.15) is 3.72 Å². The van der Waals surface area contributed by atoms with E-state index >= 15 is 0 Å². The number of rotatable bonds is 0. The van der Waals surface area contributed by atoms with Crippen molar-refractivity contribution in [2.24, 2.45) is 5.10 Å². The van der Waals surface area contributed by atoms with Gasteiger partial charge in [0.25, 0.3) is 0 Å². The van der Waals surface area contributed by atoms with Crippen molar-refractivity contribution < 1.29 is 0 Å². The van der Waals surface area contributed by atoms with Crippen LogP contribution < -0.4 is 5.43 Å². The Labute approximate surface area is 84.5 Å². The Morgan fingerprint density at radius 3 is 2.92 bits per heavy atom. The number of anilines is 1. The Balaban J connectivity index is 2.48. The summed E-state index contributed by atoms with van der Waals surface area (Å²) in [4.78, 5) is 0. The van der Waals surface area contributed by atoms with E-state index in [9.17, 15) is 0 Å². The Kier molecular flexibility index (Phi) is 2.12. The first-order chi connectivity index (χ1) is 5.86. The normalized spacial score (nSPS) is 14.2. The molecule has 3 heteroatoms. The zero-order valence-corrected chi connectivity index (χ0v) is 8.45.